The van der Waals surface area contributed by atoms with Gasteiger partial charge in [0.05, 0.1) is 5.88 Å². The molecule has 0 fully saturated rings. The van der Waals surface area contributed by atoms with E-state index in [4.69, 9.17) is 0 Å². The van der Waals surface area contributed by atoms with Crippen molar-refractivity contribution < 1.29 is 5.11 Å². The Kier molecular flexibility index (Phi) is 5.53. The summed E-state index contributed by atoms with van der Waals surface area (Å²) >= 11 is 5.33. The van der Waals surface area contributed by atoms with Gasteiger partial charge in [0.25, 0.3) is 10.7 Å². The van der Waals surface area contributed by atoms with Crippen LogP contribution in [-0.4, -0.2) is 32.8 Å². The normalized spacial score (nSPS) is 11.0. The molecule has 24 heavy (non-hydrogen) atoms. The highest BCUT2D eigenvalue weighted by Gasteiger charge is 2.18. The van der Waals surface area contributed by atoms with E-state index in [1.807, 2.05) is 6.07 Å². The van der Waals surface area contributed by atoms with Gasteiger partial charge in [-0.05, 0) is 13.8 Å². The minimum absolute atomic E-state index is 0.00170. The van der Waals surface area contributed by atoms with E-state index in [1.165, 1.54) is 18.3 Å². The molecule has 0 aliphatic rings. The molecule has 0 bridgehead atoms. The monoisotopic (exact) mass is 365 g/mol. The summed E-state index contributed by atoms with van der Waals surface area (Å²) in [5, 5.41) is 35.7. The van der Waals surface area contributed by atoms with Gasteiger partial charge in [0.2, 0.25) is 11.0 Å². The molecular weight excluding hydrogens is 350 g/mol. The molecular formula is C13H15N7O2S2. The molecule has 0 aliphatic heterocycles. The maximum atomic E-state index is 12.4. The van der Waals surface area contributed by atoms with Crippen molar-refractivity contribution in [2.45, 2.75) is 20.4 Å². The number of pyridine rings is 1. The highest BCUT2D eigenvalue weighted by Crippen LogP contribution is 2.29. The Balaban J connectivity index is 2.48. The van der Waals surface area contributed by atoms with Gasteiger partial charge in [-0.3, -0.25) is 9.36 Å². The fourth-order valence-corrected chi connectivity index (χ4v) is 2.76. The van der Waals surface area contributed by atoms with Gasteiger partial charge >= 0.3 is 0 Å². The molecule has 0 saturated carbocycles. The lowest BCUT2D eigenvalue weighted by molar-refractivity contribution is 0.409. The molecule has 126 valence electrons. The highest BCUT2D eigenvalue weighted by atomic mass is 32.1. The fourth-order valence-electron chi connectivity index (χ4n) is 1.91. The van der Waals surface area contributed by atoms with E-state index in [0.717, 1.165) is 4.57 Å². The Morgan fingerprint density at radius 1 is 1.46 bits per heavy atom. The summed E-state index contributed by atoms with van der Waals surface area (Å²) in [4.78, 5) is 14.1. The second-order valence-corrected chi connectivity index (χ2v) is 5.96. The third-order valence-electron chi connectivity index (χ3n) is 3.26. The average Bonchev–Trinajstić information content (AvgIpc) is 3.03. The second kappa shape index (κ2) is 7.41. The predicted molar refractivity (Wildman–Crippen MR) is 93.8 cm³/mol. The number of nitriles is 1. The topological polar surface area (TPSA) is 120 Å². The maximum Gasteiger partial charge on any atom is 0.281 e. The molecule has 0 spiro atoms. The molecule has 1 N–H and O–H groups in total. The Labute approximate surface area is 147 Å². The molecule has 0 radical (unpaired) electrons. The van der Waals surface area contributed by atoms with Crippen LogP contribution in [0.3, 0.4) is 0 Å². The van der Waals surface area contributed by atoms with Crippen LogP contribution in [0, 0.1) is 18.3 Å². The van der Waals surface area contributed by atoms with Crippen molar-refractivity contribution in [2.75, 3.05) is 17.8 Å². The second-order valence-electron chi connectivity index (χ2n) is 4.74. The first-order chi connectivity index (χ1) is 11.4. The van der Waals surface area contributed by atoms with E-state index >= 15 is 0 Å². The molecule has 2 heterocycles. The van der Waals surface area contributed by atoms with Crippen molar-refractivity contribution in [2.24, 2.45) is 10.2 Å². The van der Waals surface area contributed by atoms with Gasteiger partial charge in [-0.1, -0.05) is 11.3 Å². The number of rotatable bonds is 5. The summed E-state index contributed by atoms with van der Waals surface area (Å²) in [6, 6.07) is 1.88. The number of hydrogen-bond donors (Lipinski definition) is 2. The fraction of sp³-hybridized carbons (Fsp3) is 0.385. The van der Waals surface area contributed by atoms with Crippen LogP contribution in [0.5, 0.6) is 5.88 Å². The number of azo groups is 1. The van der Waals surface area contributed by atoms with Crippen molar-refractivity contribution in [3.63, 3.8) is 0 Å². The van der Waals surface area contributed by atoms with Crippen molar-refractivity contribution in [1.29, 1.82) is 5.26 Å². The van der Waals surface area contributed by atoms with Crippen LogP contribution in [-0.2, 0) is 6.54 Å². The third-order valence-corrected chi connectivity index (χ3v) is 4.61. The number of aromatic hydroxyl groups is 1. The predicted octanol–water partition coefficient (Wildman–Crippen LogP) is 2.34. The maximum absolute atomic E-state index is 12.4. The molecule has 2 aromatic rings. The van der Waals surface area contributed by atoms with Crippen LogP contribution >= 0.6 is 24.0 Å². The average molecular weight is 365 g/mol. The molecule has 0 aromatic carbocycles. The van der Waals surface area contributed by atoms with Crippen LogP contribution in [0.25, 0.3) is 0 Å². The van der Waals surface area contributed by atoms with Crippen molar-refractivity contribution in [3.05, 3.63) is 21.5 Å². The van der Waals surface area contributed by atoms with Gasteiger partial charge < -0.3 is 10.0 Å². The van der Waals surface area contributed by atoms with Crippen LogP contribution in [0.2, 0.25) is 0 Å². The van der Waals surface area contributed by atoms with Crippen molar-refractivity contribution in [3.8, 4) is 11.9 Å². The number of anilines is 1. The molecule has 0 amide bonds. The van der Waals surface area contributed by atoms with Crippen molar-refractivity contribution >= 4 is 39.9 Å². The van der Waals surface area contributed by atoms with E-state index in [9.17, 15) is 15.2 Å². The minimum atomic E-state index is -0.521. The summed E-state index contributed by atoms with van der Waals surface area (Å²) in [5.41, 5.74) is -0.262. The van der Waals surface area contributed by atoms with Gasteiger partial charge in [0.15, 0.2) is 5.69 Å². The standard InChI is InChI=1S/C13H15N7O2S2/c1-4-20-10(21)8(5-14)7(2)9(11(20)22)15-16-12-17-18-13(24-12)19(3)6-23/h21,23H,4,6H2,1-3H3. The summed E-state index contributed by atoms with van der Waals surface area (Å²) in [7, 11) is 1.80. The van der Waals surface area contributed by atoms with Gasteiger partial charge in [0, 0.05) is 19.2 Å². The molecule has 0 saturated heterocycles. The summed E-state index contributed by atoms with van der Waals surface area (Å²) < 4.78 is 1.07. The Bertz CT molecular complexity index is 882. The smallest absolute Gasteiger partial charge is 0.281 e. The summed E-state index contributed by atoms with van der Waals surface area (Å²) in [5.74, 6) is 0.102. The SMILES string of the molecule is CCn1c(O)c(C#N)c(C)c(N=Nc2nnc(N(C)CS)s2)c1=O. The van der Waals surface area contributed by atoms with E-state index < -0.39 is 5.56 Å². The van der Waals surface area contributed by atoms with Gasteiger partial charge in [-0.25, -0.2) is 0 Å². The molecule has 2 rings (SSSR count). The summed E-state index contributed by atoms with van der Waals surface area (Å²) in [6.07, 6.45) is 0. The zero-order chi connectivity index (χ0) is 17.9. The largest absolute Gasteiger partial charge is 0.493 e. The van der Waals surface area contributed by atoms with E-state index in [1.54, 1.807) is 18.9 Å². The quantitative estimate of drug-likeness (QED) is 0.477. The molecule has 0 aliphatic carbocycles. The van der Waals surface area contributed by atoms with Gasteiger partial charge in [0.1, 0.15) is 11.6 Å². The van der Waals surface area contributed by atoms with Gasteiger partial charge in [-0.2, -0.15) is 17.9 Å². The summed E-state index contributed by atoms with van der Waals surface area (Å²) in [6.45, 7) is 3.43. The zero-order valence-electron chi connectivity index (χ0n) is 13.3. The first-order valence-corrected chi connectivity index (χ1v) is 8.33. The Morgan fingerprint density at radius 3 is 2.75 bits per heavy atom. The lowest BCUT2D eigenvalue weighted by Gasteiger charge is -2.10. The number of aromatic nitrogens is 3. The first kappa shape index (κ1) is 17.9. The molecule has 0 unspecified atom stereocenters. The first-order valence-electron chi connectivity index (χ1n) is 6.88. The Morgan fingerprint density at radius 2 is 2.17 bits per heavy atom. The lowest BCUT2D eigenvalue weighted by Crippen LogP contribution is -2.20. The van der Waals surface area contributed by atoms with Crippen LogP contribution in [0.15, 0.2) is 15.0 Å². The molecule has 11 heteroatoms. The number of hydrogen-bond acceptors (Lipinski definition) is 10. The van der Waals surface area contributed by atoms with E-state index in [2.05, 4.69) is 33.1 Å². The third kappa shape index (κ3) is 3.24. The number of nitrogens with zero attached hydrogens (tertiary/aromatic N) is 7. The number of thiol groups is 1. The lowest BCUT2D eigenvalue weighted by atomic mass is 10.1. The van der Waals surface area contributed by atoms with Gasteiger partial charge in [-0.15, -0.1) is 20.4 Å². The minimum Gasteiger partial charge on any atom is -0.493 e. The molecule has 9 nitrogen and oxygen atoms in total. The van der Waals surface area contributed by atoms with Crippen LogP contribution < -0.4 is 10.5 Å². The Hall–Kier alpha value is -2.45. The molecule has 2 aromatic heterocycles. The van der Waals surface area contributed by atoms with Crippen LogP contribution in [0.4, 0.5) is 16.0 Å². The molecule has 0 atom stereocenters. The zero-order valence-corrected chi connectivity index (χ0v) is 15.0. The van der Waals surface area contributed by atoms with E-state index in [0.29, 0.717) is 11.0 Å². The van der Waals surface area contributed by atoms with Crippen LogP contribution in [0.1, 0.15) is 18.1 Å². The highest BCUT2D eigenvalue weighted by molar-refractivity contribution is 7.80. The van der Waals surface area contributed by atoms with E-state index in [-0.39, 0.29) is 34.4 Å². The van der Waals surface area contributed by atoms with Crippen molar-refractivity contribution in [1.82, 2.24) is 14.8 Å².